The fraction of sp³-hybridized carbons (Fsp3) is 0.467. The summed E-state index contributed by atoms with van der Waals surface area (Å²) in [5.41, 5.74) is 7.14. The molecule has 114 valence electrons. The molecule has 1 saturated heterocycles. The van der Waals surface area contributed by atoms with E-state index in [-0.39, 0.29) is 11.9 Å². The number of hydrogen-bond acceptors (Lipinski definition) is 4. The molecule has 6 heteroatoms. The van der Waals surface area contributed by atoms with Gasteiger partial charge in [0.05, 0.1) is 12.1 Å². The highest BCUT2D eigenvalue weighted by molar-refractivity contribution is 7.80. The van der Waals surface area contributed by atoms with Crippen LogP contribution in [0.1, 0.15) is 30.1 Å². The van der Waals surface area contributed by atoms with Crippen molar-refractivity contribution in [2.45, 2.75) is 25.0 Å². The number of likely N-dealkylation sites (N-methyl/N-ethyl adjacent to an activating group) is 1. The zero-order valence-electron chi connectivity index (χ0n) is 12.1. The molecule has 1 aromatic rings. The van der Waals surface area contributed by atoms with E-state index in [4.69, 9.17) is 18.0 Å². The largest absolute Gasteiger partial charge is 0.389 e. The Balaban J connectivity index is 2.01. The highest BCUT2D eigenvalue weighted by atomic mass is 32.1. The van der Waals surface area contributed by atoms with E-state index >= 15 is 0 Å². The molecule has 1 fully saturated rings. The van der Waals surface area contributed by atoms with Gasteiger partial charge in [-0.2, -0.15) is 0 Å². The minimum absolute atomic E-state index is 0.0172. The van der Waals surface area contributed by atoms with E-state index in [1.54, 1.807) is 19.2 Å². The van der Waals surface area contributed by atoms with Crippen LogP contribution in [0.25, 0.3) is 0 Å². The first-order valence-corrected chi connectivity index (χ1v) is 7.47. The molecular formula is C15H21N3O2S. The smallest absolute Gasteiger partial charge is 0.237 e. The van der Waals surface area contributed by atoms with E-state index in [1.807, 2.05) is 17.0 Å². The number of nitrogens with two attached hydrogens (primary N) is 1. The van der Waals surface area contributed by atoms with Gasteiger partial charge in [-0.15, -0.1) is 0 Å². The first kappa shape index (κ1) is 15.9. The third kappa shape index (κ3) is 3.78. The second kappa shape index (κ2) is 6.98. The number of nitrogens with one attached hydrogen (secondary N) is 1. The lowest BCUT2D eigenvalue weighted by atomic mass is 10.1. The Kier molecular flexibility index (Phi) is 5.27. The van der Waals surface area contributed by atoms with Crippen LogP contribution in [-0.4, -0.2) is 47.1 Å². The molecule has 2 atom stereocenters. The lowest BCUT2D eigenvalue weighted by molar-refractivity contribution is -0.125. The predicted molar refractivity (Wildman–Crippen MR) is 86.0 cm³/mol. The maximum Gasteiger partial charge on any atom is 0.237 e. The van der Waals surface area contributed by atoms with Gasteiger partial charge in [-0.25, -0.2) is 0 Å². The number of likely N-dealkylation sites (tertiary alicyclic amines) is 1. The molecule has 1 aromatic carbocycles. The Morgan fingerprint density at radius 3 is 2.76 bits per heavy atom. The van der Waals surface area contributed by atoms with Crippen LogP contribution in [0.2, 0.25) is 0 Å². The number of carbonyl (C=O) groups excluding carboxylic acids is 1. The normalized spacial score (nSPS) is 20.2. The van der Waals surface area contributed by atoms with Gasteiger partial charge in [0.2, 0.25) is 5.91 Å². The molecule has 0 aromatic heterocycles. The first-order valence-electron chi connectivity index (χ1n) is 7.06. The van der Waals surface area contributed by atoms with Crippen molar-refractivity contribution < 1.29 is 9.90 Å². The molecule has 0 radical (unpaired) electrons. The number of thiocarbonyl (C=S) groups is 1. The Hall–Kier alpha value is -1.50. The Morgan fingerprint density at radius 2 is 2.19 bits per heavy atom. The van der Waals surface area contributed by atoms with Gasteiger partial charge in [-0.3, -0.25) is 9.69 Å². The van der Waals surface area contributed by atoms with Crippen molar-refractivity contribution in [3.05, 3.63) is 35.4 Å². The van der Waals surface area contributed by atoms with Crippen molar-refractivity contribution in [3.63, 3.8) is 0 Å². The minimum Gasteiger partial charge on any atom is -0.389 e. The van der Waals surface area contributed by atoms with Gasteiger partial charge in [0.25, 0.3) is 0 Å². The van der Waals surface area contributed by atoms with Crippen molar-refractivity contribution in [1.29, 1.82) is 0 Å². The number of hydrogen-bond donors (Lipinski definition) is 3. The van der Waals surface area contributed by atoms with Crippen LogP contribution >= 0.6 is 12.2 Å². The third-order valence-corrected chi connectivity index (χ3v) is 4.14. The van der Waals surface area contributed by atoms with Crippen molar-refractivity contribution in [1.82, 2.24) is 10.2 Å². The van der Waals surface area contributed by atoms with Crippen LogP contribution in [0.5, 0.6) is 0 Å². The molecule has 0 aliphatic carbocycles. The predicted octanol–water partition coefficient (Wildman–Crippen LogP) is 0.565. The van der Waals surface area contributed by atoms with Gasteiger partial charge in [0.1, 0.15) is 4.99 Å². The standard InChI is InChI=1S/C15H21N3O2S/c1-17-15(20)12-3-2-8-18(12)9-13(19)10-4-6-11(7-5-10)14(16)21/h4-7,12-13,19H,2-3,8-9H2,1H3,(H2,16,21)(H,17,20). The van der Waals surface area contributed by atoms with Gasteiger partial charge in [0, 0.05) is 19.2 Å². The van der Waals surface area contributed by atoms with E-state index in [0.717, 1.165) is 30.5 Å². The van der Waals surface area contributed by atoms with E-state index < -0.39 is 6.10 Å². The average Bonchev–Trinajstić information content (AvgIpc) is 2.94. The summed E-state index contributed by atoms with van der Waals surface area (Å²) in [6.45, 7) is 1.28. The average molecular weight is 307 g/mol. The maximum absolute atomic E-state index is 11.8. The topological polar surface area (TPSA) is 78.6 Å². The first-order chi connectivity index (χ1) is 10.0. The number of benzene rings is 1. The van der Waals surface area contributed by atoms with Crippen molar-refractivity contribution >= 4 is 23.1 Å². The molecule has 1 aliphatic heterocycles. The summed E-state index contributed by atoms with van der Waals surface area (Å²) in [5.74, 6) is 0.0172. The zero-order valence-corrected chi connectivity index (χ0v) is 12.9. The monoisotopic (exact) mass is 307 g/mol. The van der Waals surface area contributed by atoms with E-state index in [1.165, 1.54) is 0 Å². The number of amides is 1. The molecule has 2 unspecified atom stereocenters. The van der Waals surface area contributed by atoms with E-state index in [9.17, 15) is 9.90 Å². The number of aliphatic hydroxyl groups excluding tert-OH is 1. The van der Waals surface area contributed by atoms with Gasteiger partial charge in [-0.05, 0) is 24.9 Å². The summed E-state index contributed by atoms with van der Waals surface area (Å²) >= 11 is 4.91. The minimum atomic E-state index is -0.629. The van der Waals surface area contributed by atoms with E-state index in [2.05, 4.69) is 5.32 Å². The number of rotatable bonds is 5. The highest BCUT2D eigenvalue weighted by Crippen LogP contribution is 2.22. The number of β-amino-alcohol motifs (C(OH)–C–C–N with tert-alkyl or cyclic N) is 1. The molecule has 0 saturated carbocycles. The number of carbonyl (C=O) groups is 1. The molecule has 1 amide bonds. The van der Waals surface area contributed by atoms with Gasteiger partial charge >= 0.3 is 0 Å². The van der Waals surface area contributed by atoms with Gasteiger partial charge in [-0.1, -0.05) is 36.5 Å². The van der Waals surface area contributed by atoms with Crippen molar-refractivity contribution in [3.8, 4) is 0 Å². The number of aliphatic hydroxyl groups is 1. The Labute approximate surface area is 130 Å². The molecule has 4 N–H and O–H groups in total. The van der Waals surface area contributed by atoms with E-state index in [0.29, 0.717) is 11.5 Å². The lowest BCUT2D eigenvalue weighted by Crippen LogP contribution is -2.43. The number of nitrogens with zero attached hydrogens (tertiary/aromatic N) is 1. The highest BCUT2D eigenvalue weighted by Gasteiger charge is 2.31. The lowest BCUT2D eigenvalue weighted by Gasteiger charge is -2.25. The summed E-state index contributed by atoms with van der Waals surface area (Å²) in [5, 5.41) is 13.0. The summed E-state index contributed by atoms with van der Waals surface area (Å²) in [6.07, 6.45) is 1.19. The molecule has 0 bridgehead atoms. The van der Waals surface area contributed by atoms with Crippen LogP contribution in [-0.2, 0) is 4.79 Å². The SMILES string of the molecule is CNC(=O)C1CCCN1CC(O)c1ccc(C(N)=S)cc1. The van der Waals surface area contributed by atoms with Crippen LogP contribution in [0, 0.1) is 0 Å². The van der Waals surface area contributed by atoms with Crippen LogP contribution in [0.3, 0.4) is 0 Å². The zero-order chi connectivity index (χ0) is 15.4. The molecular weight excluding hydrogens is 286 g/mol. The molecule has 21 heavy (non-hydrogen) atoms. The Bertz CT molecular complexity index is 518. The Morgan fingerprint density at radius 1 is 1.52 bits per heavy atom. The quantitative estimate of drug-likeness (QED) is 0.693. The second-order valence-corrected chi connectivity index (χ2v) is 5.71. The molecule has 5 nitrogen and oxygen atoms in total. The summed E-state index contributed by atoms with van der Waals surface area (Å²) < 4.78 is 0. The van der Waals surface area contributed by atoms with Crippen LogP contribution in [0.4, 0.5) is 0 Å². The molecule has 0 spiro atoms. The molecule has 1 heterocycles. The fourth-order valence-corrected chi connectivity index (χ4v) is 2.84. The molecule has 2 rings (SSSR count). The van der Waals surface area contributed by atoms with Crippen LogP contribution in [0.15, 0.2) is 24.3 Å². The summed E-state index contributed by atoms with van der Waals surface area (Å²) in [6, 6.07) is 7.12. The second-order valence-electron chi connectivity index (χ2n) is 5.27. The molecule has 1 aliphatic rings. The van der Waals surface area contributed by atoms with Crippen molar-refractivity contribution in [2.24, 2.45) is 5.73 Å². The summed E-state index contributed by atoms with van der Waals surface area (Å²) in [4.78, 5) is 14.2. The van der Waals surface area contributed by atoms with Gasteiger partial charge < -0.3 is 16.2 Å². The maximum atomic E-state index is 11.8. The third-order valence-electron chi connectivity index (χ3n) is 3.90. The van der Waals surface area contributed by atoms with Gasteiger partial charge in [0.15, 0.2) is 0 Å². The van der Waals surface area contributed by atoms with Crippen molar-refractivity contribution in [2.75, 3.05) is 20.1 Å². The van der Waals surface area contributed by atoms with Crippen LogP contribution < -0.4 is 11.1 Å². The fourth-order valence-electron chi connectivity index (χ4n) is 2.71. The summed E-state index contributed by atoms with van der Waals surface area (Å²) in [7, 11) is 1.64.